The lowest BCUT2D eigenvalue weighted by Crippen LogP contribution is -2.41. The molecule has 0 aromatic heterocycles. The van der Waals surface area contributed by atoms with Crippen LogP contribution in [0.5, 0.6) is 5.75 Å². The zero-order valence-electron chi connectivity index (χ0n) is 13.8. The summed E-state index contributed by atoms with van der Waals surface area (Å²) in [6.45, 7) is 7.81. The summed E-state index contributed by atoms with van der Waals surface area (Å²) in [5, 5.41) is 0. The maximum Gasteiger partial charge on any atom is 0.127 e. The monoisotopic (exact) mass is 307 g/mol. The smallest absolute Gasteiger partial charge is 0.127 e. The van der Waals surface area contributed by atoms with Crippen LogP contribution in [-0.2, 0) is 17.7 Å². The number of rotatable bonds is 4. The number of ether oxygens (including phenoxy) is 2. The van der Waals surface area contributed by atoms with Gasteiger partial charge < -0.3 is 9.47 Å². The molecule has 3 rings (SSSR count). The van der Waals surface area contributed by atoms with E-state index in [0.29, 0.717) is 6.61 Å². The van der Waals surface area contributed by atoms with Gasteiger partial charge in [0.1, 0.15) is 11.6 Å². The first-order valence-corrected chi connectivity index (χ1v) is 8.21. The van der Waals surface area contributed by atoms with Crippen molar-refractivity contribution < 1.29 is 13.9 Å². The average molecular weight is 307 g/mol. The lowest BCUT2D eigenvalue weighted by molar-refractivity contribution is -0.0470. The fraction of sp³-hybridized carbons (Fsp3) is 0.667. The van der Waals surface area contributed by atoms with E-state index >= 15 is 0 Å². The van der Waals surface area contributed by atoms with E-state index in [0.717, 1.165) is 42.9 Å². The molecule has 0 saturated carbocycles. The third-order valence-corrected chi connectivity index (χ3v) is 5.26. The van der Waals surface area contributed by atoms with Crippen molar-refractivity contribution in [1.82, 2.24) is 4.90 Å². The highest BCUT2D eigenvalue weighted by Crippen LogP contribution is 2.37. The molecule has 1 atom stereocenters. The van der Waals surface area contributed by atoms with E-state index in [9.17, 15) is 4.39 Å². The zero-order valence-corrected chi connectivity index (χ0v) is 13.8. The molecule has 0 aliphatic carbocycles. The predicted molar refractivity (Wildman–Crippen MR) is 84.7 cm³/mol. The number of hydrogen-bond donors (Lipinski definition) is 0. The number of halogens is 1. The molecule has 0 bridgehead atoms. The minimum absolute atomic E-state index is 0.197. The molecule has 1 unspecified atom stereocenters. The number of nitrogens with zero attached hydrogens (tertiary/aromatic N) is 1. The highest BCUT2D eigenvalue weighted by atomic mass is 19.1. The van der Waals surface area contributed by atoms with Gasteiger partial charge in [-0.15, -0.1) is 0 Å². The van der Waals surface area contributed by atoms with Crippen LogP contribution >= 0.6 is 0 Å². The second kappa shape index (κ2) is 6.17. The van der Waals surface area contributed by atoms with Gasteiger partial charge in [-0.1, -0.05) is 0 Å². The van der Waals surface area contributed by atoms with E-state index in [4.69, 9.17) is 9.47 Å². The lowest BCUT2D eigenvalue weighted by atomic mass is 9.82. The van der Waals surface area contributed by atoms with Crippen LogP contribution in [0.1, 0.15) is 37.8 Å². The molecule has 22 heavy (non-hydrogen) atoms. The summed E-state index contributed by atoms with van der Waals surface area (Å²) in [7, 11) is 1.74. The molecule has 122 valence electrons. The van der Waals surface area contributed by atoms with Crippen LogP contribution in [-0.4, -0.2) is 37.3 Å². The third-order valence-electron chi connectivity index (χ3n) is 5.26. The van der Waals surface area contributed by atoms with Crippen molar-refractivity contribution >= 4 is 0 Å². The van der Waals surface area contributed by atoms with Crippen molar-refractivity contribution in [2.45, 2.75) is 45.3 Å². The molecule has 0 amide bonds. The van der Waals surface area contributed by atoms with Crippen LogP contribution in [0.2, 0.25) is 0 Å². The second-order valence-corrected chi connectivity index (χ2v) is 7.04. The van der Waals surface area contributed by atoms with Gasteiger partial charge >= 0.3 is 0 Å². The third kappa shape index (κ3) is 3.13. The first-order chi connectivity index (χ1) is 10.5. The molecule has 0 N–H and O–H groups in total. The lowest BCUT2D eigenvalue weighted by Gasteiger charge is -2.37. The summed E-state index contributed by atoms with van der Waals surface area (Å²) < 4.78 is 25.4. The van der Waals surface area contributed by atoms with Crippen molar-refractivity contribution in [3.8, 4) is 5.75 Å². The molecule has 4 heteroatoms. The molecular weight excluding hydrogens is 281 g/mol. The summed E-state index contributed by atoms with van der Waals surface area (Å²) in [5.41, 5.74) is 2.00. The Bertz CT molecular complexity index is 538. The normalized spacial score (nSPS) is 22.5. The van der Waals surface area contributed by atoms with Gasteiger partial charge in [0.2, 0.25) is 0 Å². The van der Waals surface area contributed by atoms with Crippen molar-refractivity contribution in [2.75, 3.05) is 26.8 Å². The predicted octanol–water partition coefficient (Wildman–Crippen LogP) is 3.40. The largest absolute Gasteiger partial charge is 0.493 e. The van der Waals surface area contributed by atoms with Crippen LogP contribution in [0, 0.1) is 11.7 Å². The van der Waals surface area contributed by atoms with Crippen molar-refractivity contribution in [1.29, 1.82) is 0 Å². The van der Waals surface area contributed by atoms with Gasteiger partial charge in [-0.2, -0.15) is 0 Å². The maximum atomic E-state index is 13.9. The van der Waals surface area contributed by atoms with E-state index in [2.05, 4.69) is 18.7 Å². The summed E-state index contributed by atoms with van der Waals surface area (Å²) in [6, 6.07) is 3.21. The number of methoxy groups -OCH3 is 1. The van der Waals surface area contributed by atoms with E-state index in [1.807, 2.05) is 0 Å². The van der Waals surface area contributed by atoms with E-state index < -0.39 is 0 Å². The van der Waals surface area contributed by atoms with Gasteiger partial charge in [-0.3, -0.25) is 4.90 Å². The van der Waals surface area contributed by atoms with Crippen molar-refractivity contribution in [3.63, 3.8) is 0 Å². The van der Waals surface area contributed by atoms with Gasteiger partial charge in [-0.05, 0) is 63.4 Å². The standard InChI is InChI=1S/C18H26FNO2/c1-18(2,21-3)14-9-16-13(11-20-6-4-5-7-20)8-15(19)10-17(16)22-12-14/h8,10,14H,4-7,9,11-12H2,1-3H3. The zero-order chi connectivity index (χ0) is 15.7. The highest BCUT2D eigenvalue weighted by Gasteiger charge is 2.35. The van der Waals surface area contributed by atoms with Crippen LogP contribution in [0.4, 0.5) is 4.39 Å². The Balaban J connectivity index is 1.87. The molecule has 1 fully saturated rings. The summed E-state index contributed by atoms with van der Waals surface area (Å²) in [6.07, 6.45) is 3.38. The summed E-state index contributed by atoms with van der Waals surface area (Å²) in [5.74, 6) is 0.808. The number of hydrogen-bond acceptors (Lipinski definition) is 3. The molecule has 2 heterocycles. The van der Waals surface area contributed by atoms with Crippen molar-refractivity contribution in [3.05, 3.63) is 29.1 Å². The molecule has 2 aliphatic rings. The first-order valence-electron chi connectivity index (χ1n) is 8.21. The molecule has 0 radical (unpaired) electrons. The van der Waals surface area contributed by atoms with E-state index in [1.165, 1.54) is 18.9 Å². The Morgan fingerprint density at radius 2 is 2.05 bits per heavy atom. The Morgan fingerprint density at radius 1 is 1.32 bits per heavy atom. The number of fused-ring (bicyclic) bond motifs is 1. The minimum atomic E-state index is -0.239. The molecule has 1 saturated heterocycles. The molecule has 1 aromatic carbocycles. The highest BCUT2D eigenvalue weighted by molar-refractivity contribution is 5.43. The fourth-order valence-electron chi connectivity index (χ4n) is 3.46. The quantitative estimate of drug-likeness (QED) is 0.851. The molecule has 0 spiro atoms. The van der Waals surface area contributed by atoms with E-state index in [-0.39, 0.29) is 17.3 Å². The summed E-state index contributed by atoms with van der Waals surface area (Å²) >= 11 is 0. The molecule has 1 aromatic rings. The van der Waals surface area contributed by atoms with Gasteiger partial charge in [0, 0.05) is 25.6 Å². The van der Waals surface area contributed by atoms with Crippen molar-refractivity contribution in [2.24, 2.45) is 5.92 Å². The Labute approximate surface area is 132 Å². The van der Waals surface area contributed by atoms with Gasteiger partial charge in [0.25, 0.3) is 0 Å². The Hall–Kier alpha value is -1.13. The maximum absolute atomic E-state index is 13.9. The van der Waals surface area contributed by atoms with Gasteiger partial charge in [0.15, 0.2) is 0 Å². The van der Waals surface area contributed by atoms with Gasteiger partial charge in [0.05, 0.1) is 12.2 Å². The van der Waals surface area contributed by atoms with Crippen LogP contribution in [0.25, 0.3) is 0 Å². The van der Waals surface area contributed by atoms with E-state index in [1.54, 1.807) is 13.2 Å². The number of likely N-dealkylation sites (tertiary alicyclic amines) is 1. The minimum Gasteiger partial charge on any atom is -0.493 e. The van der Waals surface area contributed by atoms with Crippen LogP contribution in [0.3, 0.4) is 0 Å². The second-order valence-electron chi connectivity index (χ2n) is 7.04. The van der Waals surface area contributed by atoms with Gasteiger partial charge in [-0.25, -0.2) is 4.39 Å². The molecular formula is C18H26FNO2. The summed E-state index contributed by atoms with van der Waals surface area (Å²) in [4.78, 5) is 2.40. The van der Waals surface area contributed by atoms with Crippen LogP contribution < -0.4 is 4.74 Å². The average Bonchev–Trinajstić information content (AvgIpc) is 2.99. The fourth-order valence-corrected chi connectivity index (χ4v) is 3.46. The molecule has 3 nitrogen and oxygen atoms in total. The first kappa shape index (κ1) is 15.8. The molecule has 2 aliphatic heterocycles. The Kier molecular flexibility index (Phi) is 4.42. The van der Waals surface area contributed by atoms with Crippen LogP contribution in [0.15, 0.2) is 12.1 Å². The SMILES string of the molecule is COC(C)(C)C1COc2cc(F)cc(CN3CCCC3)c2C1. The topological polar surface area (TPSA) is 21.7 Å². The Morgan fingerprint density at radius 3 is 2.73 bits per heavy atom. The number of benzene rings is 1.